The van der Waals surface area contributed by atoms with Crippen molar-refractivity contribution in [3.05, 3.63) is 81.9 Å². The Kier molecular flexibility index (Phi) is 7.99. The Morgan fingerprint density at radius 3 is 1.29 bits per heavy atom. The lowest BCUT2D eigenvalue weighted by molar-refractivity contribution is 0.00509. The second-order valence-electron chi connectivity index (χ2n) is 8.97. The van der Waals surface area contributed by atoms with E-state index >= 15 is 0 Å². The van der Waals surface area contributed by atoms with Crippen molar-refractivity contribution in [1.29, 1.82) is 0 Å². The van der Waals surface area contributed by atoms with Gasteiger partial charge < -0.3 is 41.4 Å². The Bertz CT molecular complexity index is 1750. The lowest BCUT2D eigenvalue weighted by Gasteiger charge is -2.10. The van der Waals surface area contributed by atoms with Crippen LogP contribution in [-0.2, 0) is 14.2 Å². The third-order valence-electron chi connectivity index (χ3n) is 6.26. The van der Waals surface area contributed by atoms with Crippen molar-refractivity contribution in [2.75, 3.05) is 52.9 Å². The maximum atomic E-state index is 11.7. The lowest BCUT2D eigenvalue weighted by Crippen LogP contribution is -2.14. The van der Waals surface area contributed by atoms with Crippen LogP contribution in [0.25, 0.3) is 43.9 Å². The molecule has 0 aliphatic carbocycles. The quantitative estimate of drug-likeness (QED) is 0.133. The fourth-order valence-corrected chi connectivity index (χ4v) is 4.42. The zero-order chi connectivity index (χ0) is 28.0. The maximum absolute atomic E-state index is 11.7. The molecule has 11 nitrogen and oxygen atoms in total. The summed E-state index contributed by atoms with van der Waals surface area (Å²) in [6.45, 7) is 2.61. The normalized spacial score (nSPS) is 11.7. The number of ether oxygens (including phenoxy) is 5. The van der Waals surface area contributed by atoms with Gasteiger partial charge in [0.05, 0.1) is 52.2 Å². The smallest absolute Gasteiger partial charge is 0.336 e. The van der Waals surface area contributed by atoms with E-state index in [1.807, 2.05) is 24.3 Å². The Hall–Kier alpha value is -4.58. The highest BCUT2D eigenvalue weighted by molar-refractivity contribution is 6.00. The van der Waals surface area contributed by atoms with Gasteiger partial charge in [0, 0.05) is 33.7 Å². The Morgan fingerprint density at radius 2 is 0.854 bits per heavy atom. The highest BCUT2D eigenvalue weighted by Crippen LogP contribution is 2.36. The van der Waals surface area contributed by atoms with E-state index in [0.717, 1.165) is 21.5 Å². The molecule has 0 saturated carbocycles. The highest BCUT2D eigenvalue weighted by Gasteiger charge is 2.16. The van der Waals surface area contributed by atoms with Crippen LogP contribution in [0.4, 0.5) is 0 Å². The van der Waals surface area contributed by atoms with E-state index < -0.39 is 11.3 Å². The van der Waals surface area contributed by atoms with Crippen molar-refractivity contribution < 1.29 is 41.4 Å². The number of hydrogen-bond acceptors (Lipinski definition) is 11. The van der Waals surface area contributed by atoms with E-state index in [-0.39, 0.29) is 13.2 Å². The lowest BCUT2D eigenvalue weighted by atomic mass is 10.1. The summed E-state index contributed by atoms with van der Waals surface area (Å²) in [6.07, 6.45) is 3.12. The van der Waals surface area contributed by atoms with Crippen molar-refractivity contribution in [2.45, 2.75) is 0 Å². The van der Waals surface area contributed by atoms with Gasteiger partial charge in [-0.25, -0.2) is 9.59 Å². The fourth-order valence-electron chi connectivity index (χ4n) is 4.42. The van der Waals surface area contributed by atoms with Crippen LogP contribution in [0.15, 0.2) is 88.3 Å². The summed E-state index contributed by atoms with van der Waals surface area (Å²) in [7, 11) is 0. The molecule has 0 saturated heterocycles. The van der Waals surface area contributed by atoms with Crippen molar-refractivity contribution in [1.82, 2.24) is 0 Å². The van der Waals surface area contributed by atoms with Gasteiger partial charge in [-0.15, -0.1) is 0 Å². The molecule has 0 amide bonds. The van der Waals surface area contributed by atoms with Crippen molar-refractivity contribution in [3.63, 3.8) is 0 Å². The van der Waals surface area contributed by atoms with E-state index in [2.05, 4.69) is 0 Å². The molecule has 2 aromatic carbocycles. The number of rotatable bonds is 14. The molecule has 0 unspecified atom stereocenters. The van der Waals surface area contributed by atoms with E-state index in [9.17, 15) is 9.59 Å². The van der Waals surface area contributed by atoms with Crippen LogP contribution in [0.5, 0.6) is 11.5 Å². The van der Waals surface area contributed by atoms with Crippen LogP contribution >= 0.6 is 0 Å². The number of hydrogen-bond donors (Lipinski definition) is 0. The summed E-state index contributed by atoms with van der Waals surface area (Å²) in [5, 5.41) is 3.18. The summed E-state index contributed by atoms with van der Waals surface area (Å²) in [5.41, 5.74) is 0.775. The predicted octanol–water partition coefficient (Wildman–Crippen LogP) is 4.90. The molecule has 6 aromatic rings. The molecule has 6 rings (SSSR count). The molecule has 0 atom stereocenters. The van der Waals surface area contributed by atoms with Gasteiger partial charge in [-0.05, 0) is 36.4 Å². The summed E-state index contributed by atoms with van der Waals surface area (Å²) < 4.78 is 50.1. The first kappa shape index (κ1) is 26.6. The second kappa shape index (κ2) is 12.3. The Labute approximate surface area is 231 Å². The first-order chi connectivity index (χ1) is 20.2. The molecule has 0 fully saturated rings. The van der Waals surface area contributed by atoms with Crippen LogP contribution in [0, 0.1) is 0 Å². The van der Waals surface area contributed by atoms with E-state index in [1.54, 1.807) is 24.7 Å². The summed E-state index contributed by atoms with van der Waals surface area (Å²) in [5.74, 6) is 0.750. The van der Waals surface area contributed by atoms with E-state index in [1.165, 1.54) is 12.1 Å². The number of furan rings is 2. The summed E-state index contributed by atoms with van der Waals surface area (Å²) in [6, 6.07) is 13.5. The molecule has 212 valence electrons. The molecular weight excluding hydrogens is 536 g/mol. The van der Waals surface area contributed by atoms with Crippen LogP contribution in [0.3, 0.4) is 0 Å². The number of fused-ring (bicyclic) bond motifs is 4. The van der Waals surface area contributed by atoms with Gasteiger partial charge >= 0.3 is 11.3 Å². The van der Waals surface area contributed by atoms with Crippen molar-refractivity contribution in [2.24, 2.45) is 0 Å². The van der Waals surface area contributed by atoms with Crippen LogP contribution in [-0.4, -0.2) is 52.9 Å². The zero-order valence-electron chi connectivity index (χ0n) is 21.9. The van der Waals surface area contributed by atoms with Gasteiger partial charge in [0.2, 0.25) is 11.5 Å². The second-order valence-corrected chi connectivity index (χ2v) is 8.97. The minimum atomic E-state index is -0.465. The van der Waals surface area contributed by atoms with Crippen LogP contribution < -0.4 is 20.7 Å². The molecule has 4 heterocycles. The molecule has 0 aliphatic rings. The zero-order valence-corrected chi connectivity index (χ0v) is 21.9. The van der Waals surface area contributed by atoms with Gasteiger partial charge in [0.25, 0.3) is 0 Å². The van der Waals surface area contributed by atoms with E-state index in [4.69, 9.17) is 41.4 Å². The maximum Gasteiger partial charge on any atom is 0.336 e. The first-order valence-corrected chi connectivity index (χ1v) is 13.0. The molecule has 0 aliphatic heterocycles. The largest absolute Gasteiger partial charge is 0.484 e. The van der Waals surface area contributed by atoms with E-state index in [0.29, 0.717) is 73.5 Å². The Morgan fingerprint density at radius 1 is 0.463 bits per heavy atom. The standard InChI is InChI=1S/C30H26O11/c31-23-3-1-19-17-21-5-7-36-25(21)29(27(19)40-23)38-15-13-34-11-9-33-10-12-35-14-16-39-30-26-22(6-8-37-26)18-20-2-4-24(32)41-28(20)30/h1-8,17-18H,9-16H2. The summed E-state index contributed by atoms with van der Waals surface area (Å²) >= 11 is 0. The molecule has 11 heteroatoms. The van der Waals surface area contributed by atoms with Crippen LogP contribution in [0.2, 0.25) is 0 Å². The SMILES string of the molecule is O=c1ccc2cc3ccoc3c(OCCOCCOCCOCCOc3c4occc4cc4ccc(=O)oc34)c2o1. The topological polar surface area (TPSA) is 133 Å². The predicted molar refractivity (Wildman–Crippen MR) is 148 cm³/mol. The molecule has 4 aromatic heterocycles. The molecule has 0 N–H and O–H groups in total. The summed E-state index contributed by atoms with van der Waals surface area (Å²) in [4.78, 5) is 23.4. The van der Waals surface area contributed by atoms with Gasteiger partial charge in [0.15, 0.2) is 22.3 Å². The van der Waals surface area contributed by atoms with Gasteiger partial charge in [-0.1, -0.05) is 0 Å². The fraction of sp³-hybridized carbons (Fsp3) is 0.267. The molecule has 0 spiro atoms. The van der Waals surface area contributed by atoms with Crippen molar-refractivity contribution >= 4 is 43.9 Å². The van der Waals surface area contributed by atoms with Gasteiger partial charge in [-0.2, -0.15) is 0 Å². The minimum Gasteiger partial charge on any atom is -0.484 e. The molecule has 41 heavy (non-hydrogen) atoms. The van der Waals surface area contributed by atoms with Gasteiger partial charge in [0.1, 0.15) is 13.2 Å². The third-order valence-corrected chi connectivity index (χ3v) is 6.26. The monoisotopic (exact) mass is 562 g/mol. The molecular formula is C30H26O11. The number of benzene rings is 2. The highest BCUT2D eigenvalue weighted by atomic mass is 16.6. The van der Waals surface area contributed by atoms with Gasteiger partial charge in [-0.3, -0.25) is 0 Å². The minimum absolute atomic E-state index is 0.237. The van der Waals surface area contributed by atoms with Crippen LogP contribution in [0.1, 0.15) is 0 Å². The Balaban J connectivity index is 0.873. The molecule has 0 radical (unpaired) electrons. The first-order valence-electron chi connectivity index (χ1n) is 13.0. The molecule has 0 bridgehead atoms. The average Bonchev–Trinajstić information content (AvgIpc) is 3.64. The third kappa shape index (κ3) is 5.97. The van der Waals surface area contributed by atoms with Crippen molar-refractivity contribution in [3.8, 4) is 11.5 Å². The average molecular weight is 563 g/mol.